The van der Waals surface area contributed by atoms with E-state index in [2.05, 4.69) is 239 Å². The monoisotopic (exact) mass is 731 g/mol. The number of hydrogen-bond acceptors (Lipinski definition) is 2. The van der Waals surface area contributed by atoms with Crippen LogP contribution in [0.5, 0.6) is 0 Å². The molecule has 0 N–H and O–H groups in total. The van der Waals surface area contributed by atoms with Crippen molar-refractivity contribution in [3.05, 3.63) is 230 Å². The molecule has 9 aromatic rings. The minimum absolute atomic E-state index is 1.06. The van der Waals surface area contributed by atoms with E-state index in [1.165, 1.54) is 33.0 Å². The molecule has 0 aliphatic heterocycles. The van der Waals surface area contributed by atoms with Crippen LogP contribution in [-0.4, -0.2) is 4.57 Å². The van der Waals surface area contributed by atoms with Gasteiger partial charge in [0.1, 0.15) is 0 Å². The van der Waals surface area contributed by atoms with Crippen LogP contribution in [0.3, 0.4) is 0 Å². The first kappa shape index (κ1) is 34.2. The first-order valence-electron chi connectivity index (χ1n) is 19.8. The minimum atomic E-state index is 1.06. The molecular formula is C54H41N3. The molecule has 1 aliphatic carbocycles. The van der Waals surface area contributed by atoms with Crippen LogP contribution in [0.1, 0.15) is 18.4 Å². The highest BCUT2D eigenvalue weighted by atomic mass is 15.2. The Labute approximate surface area is 334 Å². The minimum Gasteiger partial charge on any atom is -0.310 e. The van der Waals surface area contributed by atoms with Crippen LogP contribution in [0.15, 0.2) is 224 Å². The van der Waals surface area contributed by atoms with Gasteiger partial charge in [-0.2, -0.15) is 0 Å². The molecule has 3 heteroatoms. The fourth-order valence-electron chi connectivity index (χ4n) is 8.31. The number of allylic oxidation sites excluding steroid dienone is 4. The number of benzene rings is 8. The van der Waals surface area contributed by atoms with Crippen molar-refractivity contribution in [2.24, 2.45) is 0 Å². The molecule has 0 fully saturated rings. The van der Waals surface area contributed by atoms with E-state index in [1.54, 1.807) is 0 Å². The normalized spacial score (nSPS) is 12.5. The van der Waals surface area contributed by atoms with Gasteiger partial charge in [-0.1, -0.05) is 146 Å². The molecule has 1 heterocycles. The molecule has 272 valence electrons. The second-order valence-corrected chi connectivity index (χ2v) is 14.5. The molecule has 8 aromatic carbocycles. The van der Waals surface area contributed by atoms with E-state index >= 15 is 0 Å². The zero-order valence-electron chi connectivity index (χ0n) is 31.6. The number of rotatable bonds is 9. The molecule has 10 rings (SSSR count). The number of aromatic nitrogens is 1. The number of nitrogens with zero attached hydrogens (tertiary/aromatic N) is 3. The Hall–Kier alpha value is -7.36. The van der Waals surface area contributed by atoms with Gasteiger partial charge in [-0.3, -0.25) is 0 Å². The van der Waals surface area contributed by atoms with Gasteiger partial charge in [0, 0.05) is 39.2 Å². The summed E-state index contributed by atoms with van der Waals surface area (Å²) in [5, 5.41) is 2.39. The van der Waals surface area contributed by atoms with Gasteiger partial charge in [0.2, 0.25) is 0 Å². The molecule has 1 aliphatic rings. The van der Waals surface area contributed by atoms with E-state index in [-0.39, 0.29) is 0 Å². The third-order valence-corrected chi connectivity index (χ3v) is 11.0. The SMILES string of the molecule is C1=CC(c2ccc(-n3c4ccccc4c4c(N(c5ccccc5)c5ccccc5)cc(N(c5ccccc5)c5ccc(-c6ccccc6)cc5)cc43)cc2)=CCC1. The lowest BCUT2D eigenvalue weighted by atomic mass is 9.99. The van der Waals surface area contributed by atoms with Gasteiger partial charge in [0.15, 0.2) is 0 Å². The Balaban J connectivity index is 1.26. The number of para-hydroxylation sites is 4. The van der Waals surface area contributed by atoms with Crippen LogP contribution >= 0.6 is 0 Å². The van der Waals surface area contributed by atoms with E-state index in [4.69, 9.17) is 0 Å². The highest BCUT2D eigenvalue weighted by Crippen LogP contribution is 2.48. The second kappa shape index (κ2) is 15.1. The Bertz CT molecular complexity index is 2820. The predicted molar refractivity (Wildman–Crippen MR) is 242 cm³/mol. The van der Waals surface area contributed by atoms with Crippen molar-refractivity contribution in [1.29, 1.82) is 0 Å². The van der Waals surface area contributed by atoms with E-state index in [0.717, 1.165) is 63.7 Å². The highest BCUT2D eigenvalue weighted by molar-refractivity contribution is 6.18. The summed E-state index contributed by atoms with van der Waals surface area (Å²) in [7, 11) is 0. The molecule has 0 amide bonds. The summed E-state index contributed by atoms with van der Waals surface area (Å²) in [6, 6.07) is 74.4. The fraction of sp³-hybridized carbons (Fsp3) is 0.0370. The summed E-state index contributed by atoms with van der Waals surface area (Å²) >= 11 is 0. The van der Waals surface area contributed by atoms with Crippen molar-refractivity contribution in [3.63, 3.8) is 0 Å². The van der Waals surface area contributed by atoms with Gasteiger partial charge in [-0.15, -0.1) is 0 Å². The summed E-state index contributed by atoms with van der Waals surface area (Å²) in [5.41, 5.74) is 14.9. The van der Waals surface area contributed by atoms with Crippen LogP contribution in [0.2, 0.25) is 0 Å². The maximum absolute atomic E-state index is 2.45. The lowest BCUT2D eigenvalue weighted by Gasteiger charge is -2.30. The number of anilines is 6. The summed E-state index contributed by atoms with van der Waals surface area (Å²) in [6.07, 6.45) is 9.06. The van der Waals surface area contributed by atoms with Crippen molar-refractivity contribution in [1.82, 2.24) is 4.57 Å². The smallest absolute Gasteiger partial charge is 0.0583 e. The van der Waals surface area contributed by atoms with Crippen LogP contribution in [0.25, 0.3) is 44.2 Å². The van der Waals surface area contributed by atoms with E-state index < -0.39 is 0 Å². The van der Waals surface area contributed by atoms with Crippen molar-refractivity contribution >= 4 is 61.5 Å². The van der Waals surface area contributed by atoms with Gasteiger partial charge < -0.3 is 14.4 Å². The predicted octanol–water partition coefficient (Wildman–Crippen LogP) is 15.1. The summed E-state index contributed by atoms with van der Waals surface area (Å²) < 4.78 is 2.45. The molecule has 0 saturated heterocycles. The van der Waals surface area contributed by atoms with Gasteiger partial charge in [-0.05, 0) is 114 Å². The Morgan fingerprint density at radius 3 is 1.53 bits per heavy atom. The fourth-order valence-corrected chi connectivity index (χ4v) is 8.31. The Kier molecular flexibility index (Phi) is 9.02. The lowest BCUT2D eigenvalue weighted by Crippen LogP contribution is -2.14. The first-order valence-corrected chi connectivity index (χ1v) is 19.8. The highest BCUT2D eigenvalue weighted by Gasteiger charge is 2.25. The number of hydrogen-bond donors (Lipinski definition) is 0. The van der Waals surface area contributed by atoms with Crippen LogP contribution in [0, 0.1) is 0 Å². The first-order chi connectivity index (χ1) is 28.3. The average molecular weight is 732 g/mol. The molecule has 0 saturated carbocycles. The maximum Gasteiger partial charge on any atom is 0.0583 e. The van der Waals surface area contributed by atoms with Gasteiger partial charge in [0.05, 0.1) is 22.4 Å². The van der Waals surface area contributed by atoms with Crippen LogP contribution in [-0.2, 0) is 0 Å². The van der Waals surface area contributed by atoms with E-state index in [0.29, 0.717) is 0 Å². The zero-order chi connectivity index (χ0) is 38.0. The van der Waals surface area contributed by atoms with Gasteiger partial charge >= 0.3 is 0 Å². The zero-order valence-corrected chi connectivity index (χ0v) is 31.6. The second-order valence-electron chi connectivity index (χ2n) is 14.5. The molecule has 0 unspecified atom stereocenters. The quantitative estimate of drug-likeness (QED) is 0.146. The van der Waals surface area contributed by atoms with Crippen molar-refractivity contribution in [2.75, 3.05) is 9.80 Å². The molecule has 0 bridgehead atoms. The summed E-state index contributed by atoms with van der Waals surface area (Å²) in [4.78, 5) is 4.80. The summed E-state index contributed by atoms with van der Waals surface area (Å²) in [6.45, 7) is 0. The molecule has 57 heavy (non-hydrogen) atoms. The standard InChI is InChI=1S/C54H41N3/c1-6-18-40(19-7-1)42-30-34-47(35-31-42)55(44-22-10-3-11-23-44)49-38-52(56(45-24-12-4-13-25-45)46-26-14-5-15-27-46)54-50-28-16-17-29-51(50)57(53(54)39-49)48-36-32-43(33-37-48)41-20-8-2-9-21-41/h1,3-8,10-39H,2,9H2. The van der Waals surface area contributed by atoms with Gasteiger partial charge in [-0.25, -0.2) is 0 Å². The van der Waals surface area contributed by atoms with Crippen molar-refractivity contribution in [2.45, 2.75) is 12.8 Å². The average Bonchev–Trinajstić information content (AvgIpc) is 3.63. The Morgan fingerprint density at radius 1 is 0.386 bits per heavy atom. The lowest BCUT2D eigenvalue weighted by molar-refractivity contribution is 1.04. The maximum atomic E-state index is 2.45. The molecule has 1 aromatic heterocycles. The van der Waals surface area contributed by atoms with Crippen molar-refractivity contribution in [3.8, 4) is 16.8 Å². The topological polar surface area (TPSA) is 11.4 Å². The van der Waals surface area contributed by atoms with Gasteiger partial charge in [0.25, 0.3) is 0 Å². The van der Waals surface area contributed by atoms with E-state index in [1.807, 2.05) is 0 Å². The number of fused-ring (bicyclic) bond motifs is 3. The molecular weight excluding hydrogens is 691 g/mol. The van der Waals surface area contributed by atoms with Crippen molar-refractivity contribution < 1.29 is 0 Å². The Morgan fingerprint density at radius 2 is 0.912 bits per heavy atom. The summed E-state index contributed by atoms with van der Waals surface area (Å²) in [5.74, 6) is 0. The molecule has 0 atom stereocenters. The third-order valence-electron chi connectivity index (χ3n) is 11.0. The largest absolute Gasteiger partial charge is 0.310 e. The van der Waals surface area contributed by atoms with Crippen LogP contribution in [0.4, 0.5) is 34.1 Å². The molecule has 3 nitrogen and oxygen atoms in total. The third kappa shape index (κ3) is 6.49. The molecule has 0 spiro atoms. The molecule has 0 radical (unpaired) electrons. The van der Waals surface area contributed by atoms with Crippen LogP contribution < -0.4 is 9.80 Å². The van der Waals surface area contributed by atoms with E-state index in [9.17, 15) is 0 Å².